The highest BCUT2D eigenvalue weighted by molar-refractivity contribution is 5.98. The Hall–Kier alpha value is -3.17. The number of carbonyl (C=O) groups is 3. The summed E-state index contributed by atoms with van der Waals surface area (Å²) < 4.78 is 11.2. The molecule has 0 aromatic heterocycles. The van der Waals surface area contributed by atoms with E-state index < -0.39 is 30.1 Å². The second-order valence-electron chi connectivity index (χ2n) is 7.58. The van der Waals surface area contributed by atoms with Gasteiger partial charge in [0.1, 0.15) is 35.9 Å². The van der Waals surface area contributed by atoms with Crippen LogP contribution in [0, 0.1) is 5.92 Å². The highest BCUT2D eigenvalue weighted by Crippen LogP contribution is 2.33. The van der Waals surface area contributed by atoms with E-state index in [9.17, 15) is 29.7 Å². The zero-order valence-corrected chi connectivity index (χ0v) is 18.3. The topological polar surface area (TPSA) is 142 Å². The number of ketones is 1. The maximum atomic E-state index is 12.9. The molecule has 4 N–H and O–H groups in total. The number of carbonyl (C=O) groups excluding carboxylic acids is 3. The lowest BCUT2D eigenvalue weighted by Crippen LogP contribution is -2.32. The van der Waals surface area contributed by atoms with Crippen molar-refractivity contribution in [2.45, 2.75) is 45.5 Å². The molecule has 0 saturated heterocycles. The van der Waals surface area contributed by atoms with Gasteiger partial charge in [-0.1, -0.05) is 25.2 Å². The minimum Gasteiger partial charge on any atom is -0.507 e. The zero-order chi connectivity index (χ0) is 23.8. The van der Waals surface area contributed by atoms with E-state index >= 15 is 0 Å². The molecule has 32 heavy (non-hydrogen) atoms. The van der Waals surface area contributed by atoms with Crippen LogP contribution in [0.1, 0.15) is 43.1 Å². The standard InChI is InChI=1S/C23H29NO8/c1-13-7-8-19(28)22(29)18(27)6-4-5-16-20(31-12-11-24-15(3)25)10-9-17(26)21(16)23(30)32-14(13)2/h4-5,7-10,13-14,18,22,26-27,29H,6,11-12H2,1-3H3,(H,24,25)/b5-4+,8-7-/t13-,14+,18+,22+/m1/s1. The summed E-state index contributed by atoms with van der Waals surface area (Å²) in [6.07, 6.45) is 1.82. The summed E-state index contributed by atoms with van der Waals surface area (Å²) in [5.74, 6) is -2.12. The molecular formula is C23H29NO8. The Morgan fingerprint density at radius 1 is 1.22 bits per heavy atom. The predicted octanol–water partition coefficient (Wildman–Crippen LogP) is 1.35. The summed E-state index contributed by atoms with van der Waals surface area (Å²) in [5.41, 5.74) is 0.0859. The van der Waals surface area contributed by atoms with Gasteiger partial charge in [-0.2, -0.15) is 0 Å². The number of aliphatic hydroxyl groups is 2. The highest BCUT2D eigenvalue weighted by Gasteiger charge is 2.26. The van der Waals surface area contributed by atoms with E-state index in [-0.39, 0.29) is 54.0 Å². The Kier molecular flexibility index (Phi) is 8.98. The number of rotatable bonds is 4. The molecule has 0 spiro atoms. The van der Waals surface area contributed by atoms with Gasteiger partial charge in [0.15, 0.2) is 5.78 Å². The van der Waals surface area contributed by atoms with E-state index in [4.69, 9.17) is 9.47 Å². The molecule has 1 heterocycles. The lowest BCUT2D eigenvalue weighted by Gasteiger charge is -2.21. The van der Waals surface area contributed by atoms with E-state index in [1.807, 2.05) is 0 Å². The quantitative estimate of drug-likeness (QED) is 0.400. The fourth-order valence-electron chi connectivity index (χ4n) is 2.96. The lowest BCUT2D eigenvalue weighted by molar-refractivity contribution is -0.127. The fourth-order valence-corrected chi connectivity index (χ4v) is 2.96. The third-order valence-electron chi connectivity index (χ3n) is 5.04. The maximum Gasteiger partial charge on any atom is 0.342 e. The molecule has 0 bridgehead atoms. The number of hydrogen-bond acceptors (Lipinski definition) is 8. The van der Waals surface area contributed by atoms with Gasteiger partial charge in [0, 0.05) is 18.4 Å². The van der Waals surface area contributed by atoms with Crippen LogP contribution >= 0.6 is 0 Å². The largest absolute Gasteiger partial charge is 0.507 e. The fraction of sp³-hybridized carbons (Fsp3) is 0.435. The molecule has 2 rings (SSSR count). The molecule has 1 aromatic carbocycles. The number of phenolic OH excluding ortho intramolecular Hbond substituents is 1. The summed E-state index contributed by atoms with van der Waals surface area (Å²) >= 11 is 0. The Morgan fingerprint density at radius 3 is 2.62 bits per heavy atom. The molecule has 0 unspecified atom stereocenters. The van der Waals surface area contributed by atoms with Gasteiger partial charge in [0.25, 0.3) is 0 Å². The average Bonchev–Trinajstić information content (AvgIpc) is 2.74. The lowest BCUT2D eigenvalue weighted by atomic mass is 9.99. The number of fused-ring (bicyclic) bond motifs is 1. The maximum absolute atomic E-state index is 12.9. The molecule has 1 aliphatic heterocycles. The Bertz CT molecular complexity index is 908. The number of cyclic esters (lactones) is 1. The molecule has 174 valence electrons. The van der Waals surface area contributed by atoms with Gasteiger partial charge in [-0.15, -0.1) is 0 Å². The molecular weight excluding hydrogens is 418 g/mol. The van der Waals surface area contributed by atoms with E-state index in [0.29, 0.717) is 0 Å². The average molecular weight is 447 g/mol. The number of nitrogens with one attached hydrogen (secondary N) is 1. The molecule has 0 radical (unpaired) electrons. The van der Waals surface area contributed by atoms with Crippen molar-refractivity contribution >= 4 is 23.7 Å². The Balaban J connectivity index is 2.45. The van der Waals surface area contributed by atoms with Crippen molar-refractivity contribution in [2.24, 2.45) is 5.92 Å². The third-order valence-corrected chi connectivity index (χ3v) is 5.04. The highest BCUT2D eigenvalue weighted by atomic mass is 16.5. The number of aliphatic hydroxyl groups excluding tert-OH is 2. The van der Waals surface area contributed by atoms with E-state index in [2.05, 4.69) is 5.32 Å². The van der Waals surface area contributed by atoms with Crippen molar-refractivity contribution in [1.29, 1.82) is 0 Å². The van der Waals surface area contributed by atoms with Crippen LogP contribution in [0.25, 0.3) is 6.08 Å². The first-order chi connectivity index (χ1) is 15.1. The van der Waals surface area contributed by atoms with Crippen LogP contribution in [0.4, 0.5) is 0 Å². The van der Waals surface area contributed by atoms with Crippen LogP contribution < -0.4 is 10.1 Å². The van der Waals surface area contributed by atoms with Crippen LogP contribution in [-0.4, -0.2) is 64.4 Å². The number of aromatic hydroxyl groups is 1. The van der Waals surface area contributed by atoms with Crippen molar-refractivity contribution in [2.75, 3.05) is 13.2 Å². The first-order valence-corrected chi connectivity index (χ1v) is 10.3. The minimum absolute atomic E-state index is 0.0951. The summed E-state index contributed by atoms with van der Waals surface area (Å²) in [6, 6.07) is 2.77. The van der Waals surface area contributed by atoms with Crippen LogP contribution in [0.15, 0.2) is 30.4 Å². The van der Waals surface area contributed by atoms with Gasteiger partial charge in [-0.05, 0) is 31.6 Å². The molecule has 0 aliphatic carbocycles. The number of benzene rings is 1. The molecule has 1 aliphatic rings. The normalized spacial score (nSPS) is 26.3. The van der Waals surface area contributed by atoms with Gasteiger partial charge >= 0.3 is 5.97 Å². The minimum atomic E-state index is -1.61. The molecule has 1 amide bonds. The zero-order valence-electron chi connectivity index (χ0n) is 18.3. The van der Waals surface area contributed by atoms with Crippen molar-refractivity contribution in [3.8, 4) is 11.5 Å². The van der Waals surface area contributed by atoms with Crippen molar-refractivity contribution in [3.63, 3.8) is 0 Å². The van der Waals surface area contributed by atoms with E-state index in [0.717, 1.165) is 6.08 Å². The summed E-state index contributed by atoms with van der Waals surface area (Å²) in [5, 5.41) is 33.2. The number of hydrogen-bond donors (Lipinski definition) is 4. The summed E-state index contributed by atoms with van der Waals surface area (Å²) in [7, 11) is 0. The van der Waals surface area contributed by atoms with Crippen LogP contribution in [0.5, 0.6) is 11.5 Å². The molecule has 0 fully saturated rings. The SMILES string of the molecule is CC(=O)NCCOc1ccc(O)c2c1/C=C/C[C@H](O)[C@H](O)C(=O)/C=C\[C@@H](C)[C@H](C)OC2=O. The van der Waals surface area contributed by atoms with Gasteiger partial charge in [-0.3, -0.25) is 9.59 Å². The van der Waals surface area contributed by atoms with E-state index in [1.165, 1.54) is 37.3 Å². The molecule has 1 aromatic rings. The second kappa shape index (κ2) is 11.4. The third kappa shape index (κ3) is 6.66. The van der Waals surface area contributed by atoms with Crippen molar-refractivity contribution < 1.29 is 39.2 Å². The molecule has 4 atom stereocenters. The number of esters is 1. The summed E-state index contributed by atoms with van der Waals surface area (Å²) in [4.78, 5) is 36.0. The van der Waals surface area contributed by atoms with Gasteiger partial charge in [0.2, 0.25) is 5.91 Å². The summed E-state index contributed by atoms with van der Waals surface area (Å²) in [6.45, 7) is 5.06. The first-order valence-electron chi connectivity index (χ1n) is 10.3. The number of amides is 1. The second-order valence-corrected chi connectivity index (χ2v) is 7.58. The van der Waals surface area contributed by atoms with Gasteiger partial charge in [-0.25, -0.2) is 4.79 Å². The molecule has 9 nitrogen and oxygen atoms in total. The van der Waals surface area contributed by atoms with E-state index in [1.54, 1.807) is 13.8 Å². The Labute approximate surface area is 186 Å². The van der Waals surface area contributed by atoms with Crippen molar-refractivity contribution in [3.05, 3.63) is 41.5 Å². The monoisotopic (exact) mass is 447 g/mol. The molecule has 0 saturated carbocycles. The van der Waals surface area contributed by atoms with Gasteiger partial charge in [0.05, 0.1) is 12.6 Å². The van der Waals surface area contributed by atoms with Crippen LogP contribution in [0.3, 0.4) is 0 Å². The van der Waals surface area contributed by atoms with Gasteiger partial charge < -0.3 is 30.1 Å². The Morgan fingerprint density at radius 2 is 1.94 bits per heavy atom. The smallest absolute Gasteiger partial charge is 0.342 e. The number of ether oxygens (including phenoxy) is 2. The van der Waals surface area contributed by atoms with Crippen LogP contribution in [0.2, 0.25) is 0 Å². The van der Waals surface area contributed by atoms with Crippen LogP contribution in [-0.2, 0) is 14.3 Å². The first kappa shape index (κ1) is 25.1. The predicted molar refractivity (Wildman–Crippen MR) is 116 cm³/mol. The van der Waals surface area contributed by atoms with Crippen molar-refractivity contribution in [1.82, 2.24) is 5.32 Å². The number of phenols is 1. The molecule has 9 heteroatoms.